The van der Waals surface area contributed by atoms with Crippen LogP contribution in [0.3, 0.4) is 0 Å². The van der Waals surface area contributed by atoms with Crippen LogP contribution in [0.15, 0.2) is 48.8 Å². The molecule has 1 aromatic carbocycles. The molecule has 3 fully saturated rings. The molecular formula is C21H24N4. The zero-order chi connectivity index (χ0) is 16.8. The molecule has 3 aliphatic heterocycles. The number of rotatable bonds is 3. The van der Waals surface area contributed by atoms with Gasteiger partial charge in [-0.05, 0) is 69.1 Å². The Morgan fingerprint density at radius 2 is 2.00 bits per heavy atom. The van der Waals surface area contributed by atoms with Crippen LogP contribution in [0.2, 0.25) is 0 Å². The second kappa shape index (κ2) is 5.88. The van der Waals surface area contributed by atoms with Crippen LogP contribution in [0.5, 0.6) is 0 Å². The van der Waals surface area contributed by atoms with Gasteiger partial charge in [-0.2, -0.15) is 0 Å². The van der Waals surface area contributed by atoms with E-state index in [-0.39, 0.29) is 0 Å². The molecule has 2 N–H and O–H groups in total. The molecule has 0 saturated carbocycles. The lowest BCUT2D eigenvalue weighted by molar-refractivity contribution is 0.0458. The third kappa shape index (κ3) is 2.61. The molecule has 0 aliphatic carbocycles. The number of fused-ring (bicyclic) bond motifs is 4. The summed E-state index contributed by atoms with van der Waals surface area (Å²) in [7, 11) is 0. The third-order valence-electron chi connectivity index (χ3n) is 6.12. The zero-order valence-corrected chi connectivity index (χ0v) is 14.6. The maximum absolute atomic E-state index is 4.71. The highest BCUT2D eigenvalue weighted by atomic mass is 15.2. The summed E-state index contributed by atoms with van der Waals surface area (Å²) >= 11 is 0. The minimum absolute atomic E-state index is 0.548. The summed E-state index contributed by atoms with van der Waals surface area (Å²) in [6.45, 7) is 4.89. The summed E-state index contributed by atoms with van der Waals surface area (Å²) in [6.07, 6.45) is 6.61. The molecule has 2 aromatic heterocycles. The highest BCUT2D eigenvalue weighted by Gasteiger charge is 2.39. The average Bonchev–Trinajstić information content (AvgIpc) is 3.13. The van der Waals surface area contributed by atoms with Crippen molar-refractivity contribution < 1.29 is 0 Å². The number of benzene rings is 1. The number of piperidine rings is 3. The van der Waals surface area contributed by atoms with Gasteiger partial charge in [-0.15, -0.1) is 0 Å². The fourth-order valence-corrected chi connectivity index (χ4v) is 4.60. The molecule has 2 atom stereocenters. The first-order valence-corrected chi connectivity index (χ1v) is 9.32. The molecule has 0 spiro atoms. The van der Waals surface area contributed by atoms with E-state index in [9.17, 15) is 0 Å². The molecule has 3 saturated heterocycles. The van der Waals surface area contributed by atoms with E-state index in [1.54, 1.807) is 0 Å². The largest absolute Gasteiger partial charge is 0.379 e. The predicted octanol–water partition coefficient (Wildman–Crippen LogP) is 4.12. The molecule has 25 heavy (non-hydrogen) atoms. The van der Waals surface area contributed by atoms with Crippen molar-refractivity contribution in [2.24, 2.45) is 5.92 Å². The number of aromatic nitrogens is 2. The first kappa shape index (κ1) is 15.0. The summed E-state index contributed by atoms with van der Waals surface area (Å²) in [6, 6.07) is 14.0. The van der Waals surface area contributed by atoms with Crippen LogP contribution in [0.1, 0.15) is 19.8 Å². The van der Waals surface area contributed by atoms with Gasteiger partial charge in [0.15, 0.2) is 0 Å². The van der Waals surface area contributed by atoms with Crippen LogP contribution in [0.25, 0.3) is 22.2 Å². The predicted molar refractivity (Wildman–Crippen MR) is 103 cm³/mol. The Morgan fingerprint density at radius 1 is 1.12 bits per heavy atom. The lowest BCUT2D eigenvalue weighted by Crippen LogP contribution is -2.59. The van der Waals surface area contributed by atoms with Crippen LogP contribution < -0.4 is 5.32 Å². The van der Waals surface area contributed by atoms with Crippen molar-refractivity contribution in [3.8, 4) is 11.3 Å². The molecule has 4 heteroatoms. The second-order valence-corrected chi connectivity index (χ2v) is 7.50. The highest BCUT2D eigenvalue weighted by molar-refractivity contribution is 5.84. The minimum Gasteiger partial charge on any atom is -0.379 e. The Morgan fingerprint density at radius 3 is 2.76 bits per heavy atom. The summed E-state index contributed by atoms with van der Waals surface area (Å²) in [4.78, 5) is 10.6. The van der Waals surface area contributed by atoms with E-state index in [4.69, 9.17) is 4.98 Å². The maximum Gasteiger partial charge on any atom is 0.0703 e. The van der Waals surface area contributed by atoms with Crippen molar-refractivity contribution in [2.45, 2.75) is 31.8 Å². The molecule has 0 unspecified atom stereocenters. The SMILES string of the molecule is C[C@H]1[C@@H](Nc2ccc(-c3ccc4[nH]ccc4c3)nc2)C2CCN1CC2. The van der Waals surface area contributed by atoms with E-state index >= 15 is 0 Å². The number of hydrogen-bond donors (Lipinski definition) is 2. The van der Waals surface area contributed by atoms with Gasteiger partial charge in [0.1, 0.15) is 0 Å². The van der Waals surface area contributed by atoms with Crippen LogP contribution in [-0.4, -0.2) is 40.0 Å². The lowest BCUT2D eigenvalue weighted by atomic mass is 9.79. The molecule has 3 aromatic rings. The number of pyridine rings is 1. The van der Waals surface area contributed by atoms with Crippen LogP contribution >= 0.6 is 0 Å². The fraction of sp³-hybridized carbons (Fsp3) is 0.381. The monoisotopic (exact) mass is 332 g/mol. The first-order valence-electron chi connectivity index (χ1n) is 9.32. The Bertz CT molecular complexity index is 872. The van der Waals surface area contributed by atoms with Crippen molar-refractivity contribution in [1.82, 2.24) is 14.9 Å². The van der Waals surface area contributed by atoms with Crippen LogP contribution in [0.4, 0.5) is 5.69 Å². The zero-order valence-electron chi connectivity index (χ0n) is 14.6. The summed E-state index contributed by atoms with van der Waals surface area (Å²) < 4.78 is 0. The topological polar surface area (TPSA) is 44.0 Å². The molecule has 6 rings (SSSR count). The second-order valence-electron chi connectivity index (χ2n) is 7.50. The van der Waals surface area contributed by atoms with E-state index in [1.807, 2.05) is 12.4 Å². The number of aromatic amines is 1. The van der Waals surface area contributed by atoms with Crippen LogP contribution in [0, 0.1) is 5.92 Å². The fourth-order valence-electron chi connectivity index (χ4n) is 4.60. The highest BCUT2D eigenvalue weighted by Crippen LogP contribution is 2.34. The quantitative estimate of drug-likeness (QED) is 0.758. The molecule has 0 radical (unpaired) electrons. The standard InChI is InChI=1S/C21H24N4/c1-14-21(15-7-10-25(14)11-8-15)24-18-3-5-20(23-13-18)16-2-4-19-17(12-16)6-9-22-19/h2-6,9,12-15,21-22,24H,7-8,10-11H2,1H3/t14-,21+/m0/s1. The number of nitrogens with one attached hydrogen (secondary N) is 2. The Hall–Kier alpha value is -2.33. The van der Waals surface area contributed by atoms with Gasteiger partial charge in [0.05, 0.1) is 17.6 Å². The smallest absolute Gasteiger partial charge is 0.0703 e. The molecule has 3 aliphatic rings. The van der Waals surface area contributed by atoms with E-state index < -0.39 is 0 Å². The number of hydrogen-bond acceptors (Lipinski definition) is 3. The average molecular weight is 332 g/mol. The minimum atomic E-state index is 0.548. The molecule has 5 heterocycles. The normalized spacial score (nSPS) is 28.4. The van der Waals surface area contributed by atoms with Gasteiger partial charge >= 0.3 is 0 Å². The van der Waals surface area contributed by atoms with Gasteiger partial charge in [0.25, 0.3) is 0 Å². The molecule has 2 bridgehead atoms. The van der Waals surface area contributed by atoms with Gasteiger partial charge in [-0.3, -0.25) is 9.88 Å². The van der Waals surface area contributed by atoms with Crippen molar-refractivity contribution >= 4 is 16.6 Å². The van der Waals surface area contributed by atoms with Crippen LogP contribution in [-0.2, 0) is 0 Å². The lowest BCUT2D eigenvalue weighted by Gasteiger charge is -2.50. The van der Waals surface area contributed by atoms with Gasteiger partial charge in [-0.25, -0.2) is 0 Å². The Kier molecular flexibility index (Phi) is 3.52. The number of nitrogens with zero attached hydrogens (tertiary/aromatic N) is 2. The number of H-pyrrole nitrogens is 1. The molecule has 0 amide bonds. The van der Waals surface area contributed by atoms with Gasteiger partial charge in [0, 0.05) is 34.7 Å². The van der Waals surface area contributed by atoms with E-state index in [0.29, 0.717) is 12.1 Å². The number of anilines is 1. The Labute approximate surface area is 148 Å². The molecular weight excluding hydrogens is 308 g/mol. The van der Waals surface area contributed by atoms with E-state index in [1.165, 1.54) is 36.8 Å². The van der Waals surface area contributed by atoms with Crippen molar-refractivity contribution in [3.63, 3.8) is 0 Å². The van der Waals surface area contributed by atoms with Gasteiger partial charge < -0.3 is 10.3 Å². The van der Waals surface area contributed by atoms with Crippen molar-refractivity contribution in [3.05, 3.63) is 48.8 Å². The van der Waals surface area contributed by atoms with E-state index in [0.717, 1.165) is 22.9 Å². The van der Waals surface area contributed by atoms with Gasteiger partial charge in [-0.1, -0.05) is 6.07 Å². The Balaban J connectivity index is 1.36. The molecule has 128 valence electrons. The summed E-state index contributed by atoms with van der Waals surface area (Å²) in [5, 5.41) is 4.98. The van der Waals surface area contributed by atoms with E-state index in [2.05, 4.69) is 58.5 Å². The van der Waals surface area contributed by atoms with Crippen molar-refractivity contribution in [1.29, 1.82) is 0 Å². The summed E-state index contributed by atoms with van der Waals surface area (Å²) in [5.74, 6) is 0.802. The van der Waals surface area contributed by atoms with Crippen molar-refractivity contribution in [2.75, 3.05) is 18.4 Å². The maximum atomic E-state index is 4.71. The van der Waals surface area contributed by atoms with Gasteiger partial charge in [0.2, 0.25) is 0 Å². The first-order chi connectivity index (χ1) is 12.3. The summed E-state index contributed by atoms with van der Waals surface area (Å²) in [5.41, 5.74) is 4.49. The molecule has 4 nitrogen and oxygen atoms in total. The third-order valence-corrected chi connectivity index (χ3v) is 6.12.